The van der Waals surface area contributed by atoms with E-state index in [1.54, 1.807) is 0 Å². The lowest BCUT2D eigenvalue weighted by molar-refractivity contribution is 0.639. The molecule has 0 aromatic heterocycles. The van der Waals surface area contributed by atoms with Gasteiger partial charge in [0.05, 0.1) is 0 Å². The number of allylic oxidation sites excluding steroid dienone is 4. The molecule has 132 valence electrons. The fraction of sp³-hybridized carbons (Fsp3) is 0.417. The normalized spacial score (nSPS) is 15.7. The van der Waals surface area contributed by atoms with Crippen LogP contribution in [0.25, 0.3) is 10.8 Å². The van der Waals surface area contributed by atoms with E-state index in [0.29, 0.717) is 5.92 Å². The molecule has 1 aliphatic rings. The molecule has 0 heterocycles. The molecule has 0 amide bonds. The topological polar surface area (TPSA) is 12.0 Å². The van der Waals surface area contributed by atoms with Crippen molar-refractivity contribution in [3.63, 3.8) is 0 Å². The van der Waals surface area contributed by atoms with Gasteiger partial charge in [0.15, 0.2) is 0 Å². The first kappa shape index (κ1) is 17.9. The summed E-state index contributed by atoms with van der Waals surface area (Å²) < 4.78 is 0. The van der Waals surface area contributed by atoms with Gasteiger partial charge in [-0.3, -0.25) is 0 Å². The van der Waals surface area contributed by atoms with Gasteiger partial charge in [-0.2, -0.15) is 0 Å². The van der Waals surface area contributed by atoms with E-state index in [2.05, 4.69) is 76.3 Å². The fourth-order valence-electron chi connectivity index (χ4n) is 4.15. The molecule has 0 unspecified atom stereocenters. The van der Waals surface area contributed by atoms with Crippen molar-refractivity contribution in [3.8, 4) is 0 Å². The van der Waals surface area contributed by atoms with Crippen LogP contribution in [0.3, 0.4) is 0 Å². The summed E-state index contributed by atoms with van der Waals surface area (Å²) in [4.78, 5) is 0. The number of nitrogens with one attached hydrogen (secondary N) is 1. The van der Waals surface area contributed by atoms with Crippen molar-refractivity contribution in [1.29, 1.82) is 0 Å². The minimum atomic E-state index is 0.438. The van der Waals surface area contributed by atoms with Gasteiger partial charge in [0.1, 0.15) is 0 Å². The smallest absolute Gasteiger partial charge is 0.0267 e. The van der Waals surface area contributed by atoms with Crippen LogP contribution in [0.15, 0.2) is 58.7 Å². The van der Waals surface area contributed by atoms with Gasteiger partial charge >= 0.3 is 0 Å². The highest BCUT2D eigenvalue weighted by Gasteiger charge is 2.27. The molecule has 0 radical (unpaired) electrons. The Morgan fingerprint density at radius 1 is 0.880 bits per heavy atom. The number of hydrogen-bond acceptors (Lipinski definition) is 1. The second kappa shape index (κ2) is 7.58. The summed E-state index contributed by atoms with van der Waals surface area (Å²) in [5.74, 6) is 0.438. The van der Waals surface area contributed by atoms with Crippen molar-refractivity contribution >= 4 is 10.8 Å². The van der Waals surface area contributed by atoms with Gasteiger partial charge in [-0.1, -0.05) is 60.9 Å². The highest BCUT2D eigenvalue weighted by molar-refractivity contribution is 5.87. The van der Waals surface area contributed by atoms with Crippen LogP contribution < -0.4 is 5.32 Å². The lowest BCUT2D eigenvalue weighted by Crippen LogP contribution is -2.17. The van der Waals surface area contributed by atoms with Crippen LogP contribution >= 0.6 is 0 Å². The molecule has 0 fully saturated rings. The van der Waals surface area contributed by atoms with E-state index in [4.69, 9.17) is 0 Å². The predicted octanol–water partition coefficient (Wildman–Crippen LogP) is 6.50. The maximum Gasteiger partial charge on any atom is 0.0267 e. The third-order valence-electron chi connectivity index (χ3n) is 6.01. The Bertz CT molecular complexity index is 814. The van der Waals surface area contributed by atoms with Crippen LogP contribution in [0, 0.1) is 0 Å². The molecule has 1 nitrogen and oxygen atoms in total. The van der Waals surface area contributed by atoms with Crippen LogP contribution in [-0.4, -0.2) is 6.54 Å². The van der Waals surface area contributed by atoms with Crippen LogP contribution in [0.2, 0.25) is 0 Å². The van der Waals surface area contributed by atoms with Crippen LogP contribution in [0.1, 0.15) is 64.5 Å². The molecule has 1 aliphatic carbocycles. The average molecular weight is 334 g/mol. The maximum atomic E-state index is 3.68. The first-order chi connectivity index (χ1) is 12.1. The largest absolute Gasteiger partial charge is 0.313 e. The average Bonchev–Trinajstić information content (AvgIpc) is 2.82. The van der Waals surface area contributed by atoms with Gasteiger partial charge in [-0.05, 0) is 73.7 Å². The fourth-order valence-corrected chi connectivity index (χ4v) is 4.15. The molecule has 0 saturated carbocycles. The molecule has 2 aromatic carbocycles. The quantitative estimate of drug-likeness (QED) is 0.595. The van der Waals surface area contributed by atoms with Gasteiger partial charge in [0.25, 0.3) is 0 Å². The number of hydrogen-bond donors (Lipinski definition) is 1. The SMILES string of the molecule is CCCCNCc1c(C2C(C)=C(C)C(C)=C2C)ccc2ccccc12. The zero-order valence-electron chi connectivity index (χ0n) is 16.4. The third-order valence-corrected chi connectivity index (χ3v) is 6.01. The Morgan fingerprint density at radius 2 is 1.56 bits per heavy atom. The molecule has 0 saturated heterocycles. The van der Waals surface area contributed by atoms with E-state index in [1.165, 1.54) is 57.0 Å². The van der Waals surface area contributed by atoms with E-state index in [0.717, 1.165) is 13.1 Å². The van der Waals surface area contributed by atoms with Gasteiger partial charge in [-0.15, -0.1) is 0 Å². The number of rotatable bonds is 6. The van der Waals surface area contributed by atoms with Crippen molar-refractivity contribution in [3.05, 3.63) is 69.8 Å². The lowest BCUT2D eigenvalue weighted by Gasteiger charge is -2.22. The number of benzene rings is 2. The highest BCUT2D eigenvalue weighted by atomic mass is 14.8. The Labute approximate surface area is 152 Å². The molecule has 0 spiro atoms. The monoisotopic (exact) mass is 333 g/mol. The van der Waals surface area contributed by atoms with E-state index >= 15 is 0 Å². The molecule has 0 atom stereocenters. The Kier molecular flexibility index (Phi) is 5.44. The second-order valence-corrected chi connectivity index (χ2v) is 7.43. The van der Waals surface area contributed by atoms with Gasteiger partial charge < -0.3 is 5.32 Å². The second-order valence-electron chi connectivity index (χ2n) is 7.43. The summed E-state index contributed by atoms with van der Waals surface area (Å²) in [5, 5.41) is 6.41. The molecular formula is C24H31N. The Hall–Kier alpha value is -1.86. The minimum absolute atomic E-state index is 0.438. The zero-order valence-corrected chi connectivity index (χ0v) is 16.4. The molecule has 25 heavy (non-hydrogen) atoms. The molecule has 0 bridgehead atoms. The van der Waals surface area contributed by atoms with Crippen molar-refractivity contribution in [1.82, 2.24) is 5.32 Å². The summed E-state index contributed by atoms with van der Waals surface area (Å²) >= 11 is 0. The summed E-state index contributed by atoms with van der Waals surface area (Å²) in [6.07, 6.45) is 2.47. The van der Waals surface area contributed by atoms with Gasteiger partial charge in [0, 0.05) is 12.5 Å². The molecule has 3 rings (SSSR count). The summed E-state index contributed by atoms with van der Waals surface area (Å²) in [6.45, 7) is 13.4. The first-order valence-corrected chi connectivity index (χ1v) is 9.62. The Morgan fingerprint density at radius 3 is 2.24 bits per heavy atom. The van der Waals surface area contributed by atoms with Crippen LogP contribution in [-0.2, 0) is 6.54 Å². The Balaban J connectivity index is 2.09. The van der Waals surface area contributed by atoms with E-state index in [-0.39, 0.29) is 0 Å². The number of fused-ring (bicyclic) bond motifs is 1. The third kappa shape index (κ3) is 3.30. The molecule has 2 aromatic rings. The zero-order chi connectivity index (χ0) is 18.0. The highest BCUT2D eigenvalue weighted by Crippen LogP contribution is 2.45. The van der Waals surface area contributed by atoms with E-state index < -0.39 is 0 Å². The summed E-state index contributed by atoms with van der Waals surface area (Å²) in [5.41, 5.74) is 8.93. The molecular weight excluding hydrogens is 302 g/mol. The van der Waals surface area contributed by atoms with Crippen molar-refractivity contribution in [2.45, 2.75) is 59.9 Å². The molecule has 0 aliphatic heterocycles. The van der Waals surface area contributed by atoms with Crippen LogP contribution in [0.4, 0.5) is 0 Å². The van der Waals surface area contributed by atoms with Gasteiger partial charge in [-0.25, -0.2) is 0 Å². The maximum absolute atomic E-state index is 3.68. The standard InChI is InChI=1S/C24H31N/c1-6-7-14-25-15-23-21-11-9-8-10-20(21)12-13-22(23)24-18(4)16(2)17(3)19(24)5/h8-13,24-25H,6-7,14-15H2,1-5H3. The number of unbranched alkanes of at least 4 members (excludes halogenated alkanes) is 1. The van der Waals surface area contributed by atoms with E-state index in [9.17, 15) is 0 Å². The predicted molar refractivity (Wildman–Crippen MR) is 110 cm³/mol. The lowest BCUT2D eigenvalue weighted by atomic mass is 9.84. The summed E-state index contributed by atoms with van der Waals surface area (Å²) in [6, 6.07) is 13.5. The summed E-state index contributed by atoms with van der Waals surface area (Å²) in [7, 11) is 0. The minimum Gasteiger partial charge on any atom is -0.313 e. The van der Waals surface area contributed by atoms with Crippen molar-refractivity contribution < 1.29 is 0 Å². The van der Waals surface area contributed by atoms with Gasteiger partial charge in [0.2, 0.25) is 0 Å². The molecule has 1 N–H and O–H groups in total. The van der Waals surface area contributed by atoms with Crippen LogP contribution in [0.5, 0.6) is 0 Å². The molecule has 1 heteroatoms. The van der Waals surface area contributed by atoms with Crippen molar-refractivity contribution in [2.24, 2.45) is 0 Å². The first-order valence-electron chi connectivity index (χ1n) is 9.62. The van der Waals surface area contributed by atoms with E-state index in [1.807, 2.05) is 0 Å². The van der Waals surface area contributed by atoms with Crippen molar-refractivity contribution in [2.75, 3.05) is 6.54 Å².